The fourth-order valence-corrected chi connectivity index (χ4v) is 3.45. The SMILES string of the molecule is O=C(CCCCCCn1cc(-c2cccnc2)nn1)Nc1ccccc1Oc1ccccc1. The number of amides is 1. The van der Waals surface area contributed by atoms with Crippen LogP contribution in [0.1, 0.15) is 32.1 Å². The highest BCUT2D eigenvalue weighted by Gasteiger charge is 2.09. The zero-order valence-corrected chi connectivity index (χ0v) is 18.4. The predicted octanol–water partition coefficient (Wildman–Crippen LogP) is 5.72. The molecule has 0 fully saturated rings. The summed E-state index contributed by atoms with van der Waals surface area (Å²) < 4.78 is 7.77. The van der Waals surface area contributed by atoms with Crippen molar-refractivity contribution in [3.05, 3.63) is 85.3 Å². The number of hydrogen-bond acceptors (Lipinski definition) is 5. The number of anilines is 1. The molecule has 0 aliphatic heterocycles. The third-order valence-corrected chi connectivity index (χ3v) is 5.17. The van der Waals surface area contributed by atoms with Gasteiger partial charge in [0.2, 0.25) is 5.91 Å². The van der Waals surface area contributed by atoms with Crippen LogP contribution in [-0.2, 0) is 11.3 Å². The van der Waals surface area contributed by atoms with Crippen LogP contribution < -0.4 is 10.1 Å². The number of aryl methyl sites for hydroxylation is 1. The molecule has 4 rings (SSSR count). The summed E-state index contributed by atoms with van der Waals surface area (Å²) in [7, 11) is 0. The van der Waals surface area contributed by atoms with Gasteiger partial charge in [-0.3, -0.25) is 14.5 Å². The van der Waals surface area contributed by atoms with E-state index < -0.39 is 0 Å². The molecular weight excluding hydrogens is 414 g/mol. The Morgan fingerprint density at radius 1 is 0.909 bits per heavy atom. The maximum absolute atomic E-state index is 12.4. The maximum Gasteiger partial charge on any atom is 0.224 e. The summed E-state index contributed by atoms with van der Waals surface area (Å²) in [6, 6.07) is 20.9. The van der Waals surface area contributed by atoms with Crippen LogP contribution in [0.25, 0.3) is 11.3 Å². The Hall–Kier alpha value is -4.00. The van der Waals surface area contributed by atoms with Gasteiger partial charge in [-0.25, -0.2) is 0 Å². The normalized spacial score (nSPS) is 10.7. The van der Waals surface area contributed by atoms with Gasteiger partial charge in [-0.1, -0.05) is 48.4 Å². The van der Waals surface area contributed by atoms with E-state index in [0.717, 1.165) is 49.2 Å². The lowest BCUT2D eigenvalue weighted by Gasteiger charge is -2.12. The number of hydrogen-bond donors (Lipinski definition) is 1. The minimum absolute atomic E-state index is 0.00324. The lowest BCUT2D eigenvalue weighted by atomic mass is 10.1. The summed E-state index contributed by atoms with van der Waals surface area (Å²) in [5.41, 5.74) is 2.48. The molecule has 4 aromatic rings. The standard InChI is InChI=1S/C26H27N5O2/c32-26(28-23-14-7-8-15-25(23)33-22-12-4-3-5-13-22)16-6-1-2-9-18-31-20-24(29-30-31)21-11-10-17-27-19-21/h3-5,7-8,10-15,17,19-20H,1-2,6,9,16,18H2,(H,28,32). The third-order valence-electron chi connectivity index (χ3n) is 5.17. The minimum Gasteiger partial charge on any atom is -0.455 e. The van der Waals surface area contributed by atoms with Gasteiger partial charge >= 0.3 is 0 Å². The molecule has 2 heterocycles. The number of ether oxygens (including phenoxy) is 1. The zero-order valence-electron chi connectivity index (χ0n) is 18.4. The van der Waals surface area contributed by atoms with Crippen molar-refractivity contribution < 1.29 is 9.53 Å². The predicted molar refractivity (Wildman–Crippen MR) is 128 cm³/mol. The molecule has 0 spiro atoms. The highest BCUT2D eigenvalue weighted by Crippen LogP contribution is 2.29. The minimum atomic E-state index is -0.00324. The van der Waals surface area contributed by atoms with E-state index in [4.69, 9.17) is 4.74 Å². The average Bonchev–Trinajstić information content (AvgIpc) is 3.33. The van der Waals surface area contributed by atoms with Crippen LogP contribution in [0.15, 0.2) is 85.3 Å². The number of carbonyl (C=O) groups is 1. The van der Waals surface area contributed by atoms with Gasteiger partial charge in [-0.05, 0) is 49.2 Å². The van der Waals surface area contributed by atoms with Gasteiger partial charge in [0.25, 0.3) is 0 Å². The molecule has 2 aromatic heterocycles. The fourth-order valence-electron chi connectivity index (χ4n) is 3.45. The van der Waals surface area contributed by atoms with E-state index in [-0.39, 0.29) is 5.91 Å². The number of pyridine rings is 1. The van der Waals surface area contributed by atoms with E-state index in [0.29, 0.717) is 17.9 Å². The molecule has 0 saturated carbocycles. The number of carbonyl (C=O) groups excluding carboxylic acids is 1. The van der Waals surface area contributed by atoms with Crippen molar-refractivity contribution in [2.24, 2.45) is 0 Å². The Balaban J connectivity index is 1.16. The van der Waals surface area contributed by atoms with Gasteiger partial charge in [-0.15, -0.1) is 5.10 Å². The van der Waals surface area contributed by atoms with E-state index in [1.807, 2.05) is 77.6 Å². The summed E-state index contributed by atoms with van der Waals surface area (Å²) in [5, 5.41) is 11.4. The number of nitrogens with one attached hydrogen (secondary N) is 1. The molecule has 168 valence electrons. The molecule has 0 atom stereocenters. The Kier molecular flexibility index (Phi) is 7.79. The molecule has 1 N–H and O–H groups in total. The first-order valence-electron chi connectivity index (χ1n) is 11.2. The lowest BCUT2D eigenvalue weighted by Crippen LogP contribution is -2.11. The molecule has 0 aliphatic rings. The first-order valence-corrected chi connectivity index (χ1v) is 11.2. The van der Waals surface area contributed by atoms with Gasteiger partial charge in [0.15, 0.2) is 5.75 Å². The second-order valence-electron chi connectivity index (χ2n) is 7.73. The summed E-state index contributed by atoms with van der Waals surface area (Å²) in [6.07, 6.45) is 9.80. The highest BCUT2D eigenvalue weighted by molar-refractivity contribution is 5.92. The van der Waals surface area contributed by atoms with Crippen LogP contribution >= 0.6 is 0 Å². The molecule has 0 unspecified atom stereocenters. The van der Waals surface area contributed by atoms with Gasteiger partial charge in [0, 0.05) is 30.9 Å². The Morgan fingerprint density at radius 2 is 1.73 bits per heavy atom. The Morgan fingerprint density at radius 3 is 2.58 bits per heavy atom. The van der Waals surface area contributed by atoms with Gasteiger partial charge < -0.3 is 10.1 Å². The summed E-state index contributed by atoms with van der Waals surface area (Å²) in [4.78, 5) is 16.5. The maximum atomic E-state index is 12.4. The molecule has 0 saturated heterocycles. The second-order valence-corrected chi connectivity index (χ2v) is 7.73. The first-order chi connectivity index (χ1) is 16.3. The van der Waals surface area contributed by atoms with E-state index >= 15 is 0 Å². The fraction of sp³-hybridized carbons (Fsp3) is 0.231. The smallest absolute Gasteiger partial charge is 0.224 e. The van der Waals surface area contributed by atoms with Crippen LogP contribution in [0.4, 0.5) is 5.69 Å². The summed E-state index contributed by atoms with van der Waals surface area (Å²) in [6.45, 7) is 0.809. The van der Waals surface area contributed by atoms with E-state index in [1.165, 1.54) is 0 Å². The second kappa shape index (κ2) is 11.6. The topological polar surface area (TPSA) is 81.9 Å². The van der Waals surface area contributed by atoms with E-state index in [1.54, 1.807) is 12.4 Å². The van der Waals surface area contributed by atoms with Crippen molar-refractivity contribution in [3.63, 3.8) is 0 Å². The van der Waals surface area contributed by atoms with Crippen LogP contribution in [0, 0.1) is 0 Å². The molecule has 0 radical (unpaired) electrons. The molecular formula is C26H27N5O2. The molecule has 2 aromatic carbocycles. The monoisotopic (exact) mass is 441 g/mol. The molecule has 7 heteroatoms. The number of unbranched alkanes of at least 4 members (excludes halogenated alkanes) is 3. The third kappa shape index (κ3) is 6.74. The summed E-state index contributed by atoms with van der Waals surface area (Å²) in [5.74, 6) is 1.37. The van der Waals surface area contributed by atoms with Gasteiger partial charge in [0.1, 0.15) is 11.4 Å². The van der Waals surface area contributed by atoms with Crippen LogP contribution in [0.5, 0.6) is 11.5 Å². The van der Waals surface area contributed by atoms with Gasteiger partial charge in [-0.2, -0.15) is 0 Å². The molecule has 33 heavy (non-hydrogen) atoms. The molecule has 0 bridgehead atoms. The molecule has 0 aliphatic carbocycles. The average molecular weight is 442 g/mol. The van der Waals surface area contributed by atoms with E-state index in [9.17, 15) is 4.79 Å². The number of para-hydroxylation sites is 3. The van der Waals surface area contributed by atoms with Crippen molar-refractivity contribution in [2.75, 3.05) is 5.32 Å². The number of aromatic nitrogens is 4. The van der Waals surface area contributed by atoms with Gasteiger partial charge in [0.05, 0.1) is 11.9 Å². The molecule has 1 amide bonds. The van der Waals surface area contributed by atoms with Crippen molar-refractivity contribution in [1.29, 1.82) is 0 Å². The first kappa shape index (κ1) is 22.2. The number of benzene rings is 2. The van der Waals surface area contributed by atoms with Crippen molar-refractivity contribution in [2.45, 2.75) is 38.6 Å². The zero-order chi connectivity index (χ0) is 22.7. The summed E-state index contributed by atoms with van der Waals surface area (Å²) >= 11 is 0. The van der Waals surface area contributed by atoms with Crippen molar-refractivity contribution >= 4 is 11.6 Å². The van der Waals surface area contributed by atoms with Crippen molar-refractivity contribution in [1.82, 2.24) is 20.0 Å². The number of rotatable bonds is 11. The van der Waals surface area contributed by atoms with E-state index in [2.05, 4.69) is 20.6 Å². The van der Waals surface area contributed by atoms with Crippen LogP contribution in [0.2, 0.25) is 0 Å². The van der Waals surface area contributed by atoms with Crippen LogP contribution in [-0.4, -0.2) is 25.9 Å². The Labute approximate surface area is 193 Å². The highest BCUT2D eigenvalue weighted by atomic mass is 16.5. The van der Waals surface area contributed by atoms with Crippen molar-refractivity contribution in [3.8, 4) is 22.8 Å². The Bertz CT molecular complexity index is 1150. The molecule has 7 nitrogen and oxygen atoms in total. The largest absolute Gasteiger partial charge is 0.455 e. The lowest BCUT2D eigenvalue weighted by molar-refractivity contribution is -0.116. The number of nitrogens with zero attached hydrogens (tertiary/aromatic N) is 4. The quantitative estimate of drug-likeness (QED) is 0.301. The van der Waals surface area contributed by atoms with Crippen LogP contribution in [0.3, 0.4) is 0 Å².